The molecule has 0 aromatic heterocycles. The lowest BCUT2D eigenvalue weighted by atomic mass is 10.0. The second kappa shape index (κ2) is 7.03. The van der Waals surface area contributed by atoms with Gasteiger partial charge >= 0.3 is 0 Å². The molecule has 1 saturated carbocycles. The predicted molar refractivity (Wildman–Crippen MR) is 79.8 cm³/mol. The minimum atomic E-state index is -0.565. The highest BCUT2D eigenvalue weighted by Gasteiger charge is 2.18. The molecule has 4 N–H and O–H groups in total. The van der Waals surface area contributed by atoms with Gasteiger partial charge in [-0.25, -0.2) is 0 Å². The molecule has 0 heterocycles. The van der Waals surface area contributed by atoms with Crippen LogP contribution in [0.25, 0.3) is 0 Å². The van der Waals surface area contributed by atoms with Crippen molar-refractivity contribution in [3.8, 4) is 0 Å². The van der Waals surface area contributed by atoms with Gasteiger partial charge in [0.25, 0.3) is 11.6 Å². The minimum Gasteiger partial charge on any atom is -0.352 e. The average molecular weight is 292 g/mol. The van der Waals surface area contributed by atoms with Gasteiger partial charge in [0, 0.05) is 18.2 Å². The summed E-state index contributed by atoms with van der Waals surface area (Å²) in [6, 6.07) is 4.19. The number of nitro groups is 1. The van der Waals surface area contributed by atoms with E-state index in [9.17, 15) is 14.9 Å². The van der Waals surface area contributed by atoms with E-state index in [1.807, 2.05) is 0 Å². The van der Waals surface area contributed by atoms with Crippen LogP contribution >= 0.6 is 0 Å². The fourth-order valence-corrected chi connectivity index (χ4v) is 2.74. The highest BCUT2D eigenvalue weighted by molar-refractivity contribution is 5.95. The number of nitrogens with zero attached hydrogens (tertiary/aromatic N) is 1. The highest BCUT2D eigenvalue weighted by atomic mass is 16.6. The summed E-state index contributed by atoms with van der Waals surface area (Å²) in [7, 11) is 0. The second-order valence-corrected chi connectivity index (χ2v) is 5.33. The number of nitrogen functional groups attached to an aromatic ring is 1. The Kier molecular flexibility index (Phi) is 5.10. The number of hydrogen-bond acceptors (Lipinski definition) is 5. The van der Waals surface area contributed by atoms with Gasteiger partial charge in [-0.2, -0.15) is 0 Å². The van der Waals surface area contributed by atoms with E-state index in [4.69, 9.17) is 5.84 Å². The van der Waals surface area contributed by atoms with E-state index < -0.39 is 4.92 Å². The van der Waals surface area contributed by atoms with Crippen molar-refractivity contribution < 1.29 is 9.72 Å². The van der Waals surface area contributed by atoms with Crippen LogP contribution in [0.15, 0.2) is 18.2 Å². The van der Waals surface area contributed by atoms with Crippen LogP contribution in [-0.4, -0.2) is 17.4 Å². The first kappa shape index (κ1) is 15.2. The van der Waals surface area contributed by atoms with Crippen molar-refractivity contribution in [1.82, 2.24) is 5.32 Å². The molecule has 0 spiro atoms. The lowest BCUT2D eigenvalue weighted by molar-refractivity contribution is -0.384. The van der Waals surface area contributed by atoms with Gasteiger partial charge in [0.1, 0.15) is 5.69 Å². The van der Waals surface area contributed by atoms with Crippen molar-refractivity contribution in [3.05, 3.63) is 33.9 Å². The molecule has 1 aliphatic carbocycles. The maximum absolute atomic E-state index is 12.0. The summed E-state index contributed by atoms with van der Waals surface area (Å²) in [5.41, 5.74) is 2.50. The van der Waals surface area contributed by atoms with Gasteiger partial charge in [-0.3, -0.25) is 20.8 Å². The third kappa shape index (κ3) is 3.91. The van der Waals surface area contributed by atoms with Crippen LogP contribution in [-0.2, 0) is 0 Å². The van der Waals surface area contributed by atoms with Crippen LogP contribution in [0.5, 0.6) is 0 Å². The molecule has 1 aromatic rings. The molecule has 7 heteroatoms. The Morgan fingerprint density at radius 1 is 1.38 bits per heavy atom. The summed E-state index contributed by atoms with van der Waals surface area (Å²) in [6.07, 6.45) is 5.99. The summed E-state index contributed by atoms with van der Waals surface area (Å²) < 4.78 is 0. The molecule has 2 rings (SSSR count). The first-order valence-electron chi connectivity index (χ1n) is 7.15. The molecule has 0 aliphatic heterocycles. The first-order chi connectivity index (χ1) is 10.1. The summed E-state index contributed by atoms with van der Waals surface area (Å²) in [6.45, 7) is 0.605. The van der Waals surface area contributed by atoms with Crippen LogP contribution in [0.2, 0.25) is 0 Å². The number of nitrogens with one attached hydrogen (secondary N) is 2. The van der Waals surface area contributed by atoms with Crippen molar-refractivity contribution in [2.45, 2.75) is 32.1 Å². The number of anilines is 1. The predicted octanol–water partition coefficient (Wildman–Crippen LogP) is 2.19. The number of carbonyl (C=O) groups is 1. The van der Waals surface area contributed by atoms with E-state index in [2.05, 4.69) is 10.7 Å². The van der Waals surface area contributed by atoms with Gasteiger partial charge in [-0.15, -0.1) is 0 Å². The molecule has 0 saturated heterocycles. The second-order valence-electron chi connectivity index (χ2n) is 5.33. The SMILES string of the molecule is NNc1ccc(C(=O)NCCC2CCCC2)cc1[N+](=O)[O-]. The van der Waals surface area contributed by atoms with Crippen LogP contribution in [0.1, 0.15) is 42.5 Å². The molecule has 114 valence electrons. The number of hydrogen-bond donors (Lipinski definition) is 3. The fraction of sp³-hybridized carbons (Fsp3) is 0.500. The smallest absolute Gasteiger partial charge is 0.294 e. The maximum atomic E-state index is 12.0. The number of nitrogens with two attached hydrogens (primary N) is 1. The number of rotatable bonds is 6. The molecule has 1 fully saturated rings. The lowest BCUT2D eigenvalue weighted by Crippen LogP contribution is -2.25. The molecule has 7 nitrogen and oxygen atoms in total. The summed E-state index contributed by atoms with van der Waals surface area (Å²) in [4.78, 5) is 22.4. The van der Waals surface area contributed by atoms with Crippen molar-refractivity contribution in [2.75, 3.05) is 12.0 Å². The van der Waals surface area contributed by atoms with E-state index in [0.29, 0.717) is 12.5 Å². The Morgan fingerprint density at radius 2 is 2.10 bits per heavy atom. The maximum Gasteiger partial charge on any atom is 0.294 e. The van der Waals surface area contributed by atoms with Crippen molar-refractivity contribution in [3.63, 3.8) is 0 Å². The van der Waals surface area contributed by atoms with Gasteiger partial charge in [-0.05, 0) is 24.5 Å². The van der Waals surface area contributed by atoms with Crippen molar-refractivity contribution in [2.24, 2.45) is 11.8 Å². The number of nitro benzene ring substituents is 1. The molecule has 1 amide bonds. The molecule has 1 aliphatic rings. The zero-order valence-corrected chi connectivity index (χ0v) is 11.8. The average Bonchev–Trinajstić information content (AvgIpc) is 2.99. The summed E-state index contributed by atoms with van der Waals surface area (Å²) in [5.74, 6) is 5.62. The summed E-state index contributed by atoms with van der Waals surface area (Å²) in [5, 5.41) is 13.7. The van der Waals surface area contributed by atoms with Gasteiger partial charge in [0.15, 0.2) is 0 Å². The van der Waals surface area contributed by atoms with E-state index in [-0.39, 0.29) is 22.8 Å². The normalized spacial score (nSPS) is 14.9. The van der Waals surface area contributed by atoms with Gasteiger partial charge in [0.2, 0.25) is 0 Å². The molecular formula is C14H20N4O3. The van der Waals surface area contributed by atoms with E-state index in [0.717, 1.165) is 6.42 Å². The lowest BCUT2D eigenvalue weighted by Gasteiger charge is -2.10. The zero-order chi connectivity index (χ0) is 15.2. The molecule has 0 radical (unpaired) electrons. The van der Waals surface area contributed by atoms with Crippen LogP contribution < -0.4 is 16.6 Å². The Morgan fingerprint density at radius 3 is 2.71 bits per heavy atom. The van der Waals surface area contributed by atoms with E-state index in [1.54, 1.807) is 0 Å². The van der Waals surface area contributed by atoms with Crippen molar-refractivity contribution in [1.29, 1.82) is 0 Å². The fourth-order valence-electron chi connectivity index (χ4n) is 2.74. The first-order valence-corrected chi connectivity index (χ1v) is 7.15. The standard InChI is InChI=1S/C14H20N4O3/c15-17-12-6-5-11(9-13(12)18(20)21)14(19)16-8-7-10-3-1-2-4-10/h5-6,9-10,17H,1-4,7-8,15H2,(H,16,19). The molecule has 0 unspecified atom stereocenters. The topological polar surface area (TPSA) is 110 Å². The number of benzene rings is 1. The summed E-state index contributed by atoms with van der Waals surface area (Å²) >= 11 is 0. The molecule has 0 bridgehead atoms. The van der Waals surface area contributed by atoms with E-state index >= 15 is 0 Å². The number of carbonyl (C=O) groups excluding carboxylic acids is 1. The van der Waals surface area contributed by atoms with Crippen LogP contribution in [0.3, 0.4) is 0 Å². The Labute approximate surface area is 123 Å². The third-order valence-electron chi connectivity index (χ3n) is 3.93. The molecule has 0 atom stereocenters. The Hall–Kier alpha value is -2.15. The molecule has 1 aromatic carbocycles. The quantitative estimate of drug-likeness (QED) is 0.423. The molecule has 21 heavy (non-hydrogen) atoms. The zero-order valence-electron chi connectivity index (χ0n) is 11.8. The minimum absolute atomic E-state index is 0.183. The van der Waals surface area contributed by atoms with Gasteiger partial charge < -0.3 is 10.7 Å². The number of amides is 1. The Bertz CT molecular complexity index is 527. The van der Waals surface area contributed by atoms with E-state index in [1.165, 1.54) is 43.9 Å². The number of hydrazine groups is 1. The van der Waals surface area contributed by atoms with Crippen molar-refractivity contribution >= 4 is 17.3 Å². The monoisotopic (exact) mass is 292 g/mol. The van der Waals surface area contributed by atoms with Crippen LogP contribution in [0, 0.1) is 16.0 Å². The van der Waals surface area contributed by atoms with Gasteiger partial charge in [0.05, 0.1) is 4.92 Å². The largest absolute Gasteiger partial charge is 0.352 e. The van der Waals surface area contributed by atoms with Crippen LogP contribution in [0.4, 0.5) is 11.4 Å². The third-order valence-corrected chi connectivity index (χ3v) is 3.93. The highest BCUT2D eigenvalue weighted by Crippen LogP contribution is 2.27. The Balaban J connectivity index is 1.95. The molecular weight excluding hydrogens is 272 g/mol. The van der Waals surface area contributed by atoms with Gasteiger partial charge in [-0.1, -0.05) is 25.7 Å².